The van der Waals surface area contributed by atoms with Gasteiger partial charge in [-0.25, -0.2) is 4.98 Å². The maximum absolute atomic E-state index is 12.4. The molecule has 0 unspecified atom stereocenters. The van der Waals surface area contributed by atoms with Gasteiger partial charge in [0.1, 0.15) is 11.0 Å². The summed E-state index contributed by atoms with van der Waals surface area (Å²) in [6, 6.07) is 8.31. The summed E-state index contributed by atoms with van der Waals surface area (Å²) in [5.74, 6) is -0.456. The molecule has 0 aliphatic heterocycles. The summed E-state index contributed by atoms with van der Waals surface area (Å²) in [6.45, 7) is 6.10. The van der Waals surface area contributed by atoms with Crippen LogP contribution in [0.1, 0.15) is 34.9 Å². The molecule has 2 amide bonds. The van der Waals surface area contributed by atoms with Gasteiger partial charge in [0.25, 0.3) is 5.91 Å². The number of carbonyl (C=O) groups is 2. The Labute approximate surface area is 140 Å². The van der Waals surface area contributed by atoms with Crippen LogP contribution in [0.25, 0.3) is 0 Å². The molecule has 0 radical (unpaired) electrons. The summed E-state index contributed by atoms with van der Waals surface area (Å²) in [4.78, 5) is 28.9. The number of rotatable bonds is 6. The molecule has 23 heavy (non-hydrogen) atoms. The van der Waals surface area contributed by atoms with Crippen molar-refractivity contribution in [3.05, 3.63) is 52.0 Å². The first-order valence-corrected chi connectivity index (χ1v) is 8.40. The smallest absolute Gasteiger partial charge is 0.251 e. The van der Waals surface area contributed by atoms with Gasteiger partial charge < -0.3 is 10.6 Å². The third kappa shape index (κ3) is 4.89. The van der Waals surface area contributed by atoms with E-state index in [1.807, 2.05) is 32.2 Å². The highest BCUT2D eigenvalue weighted by molar-refractivity contribution is 7.09. The van der Waals surface area contributed by atoms with Gasteiger partial charge in [-0.05, 0) is 25.0 Å². The van der Waals surface area contributed by atoms with E-state index in [0.717, 1.165) is 10.7 Å². The van der Waals surface area contributed by atoms with Crippen molar-refractivity contribution >= 4 is 23.2 Å². The summed E-state index contributed by atoms with van der Waals surface area (Å²) in [6.07, 6.45) is 0. The molecule has 0 aliphatic carbocycles. The van der Waals surface area contributed by atoms with Crippen molar-refractivity contribution in [3.8, 4) is 0 Å². The molecule has 0 saturated heterocycles. The first kappa shape index (κ1) is 17.1. The topological polar surface area (TPSA) is 71.1 Å². The van der Waals surface area contributed by atoms with E-state index in [2.05, 4.69) is 15.6 Å². The van der Waals surface area contributed by atoms with Crippen LogP contribution >= 0.6 is 11.3 Å². The lowest BCUT2D eigenvalue weighted by Crippen LogP contribution is -2.49. The molecule has 0 aliphatic rings. The number of carbonyl (C=O) groups excluding carboxylic acids is 2. The highest BCUT2D eigenvalue weighted by atomic mass is 32.1. The predicted molar refractivity (Wildman–Crippen MR) is 91.2 cm³/mol. The van der Waals surface area contributed by atoms with E-state index in [1.54, 1.807) is 24.3 Å². The van der Waals surface area contributed by atoms with Gasteiger partial charge in [-0.2, -0.15) is 0 Å². The number of aromatic nitrogens is 1. The minimum atomic E-state index is -0.580. The number of hydrogen-bond acceptors (Lipinski definition) is 4. The Morgan fingerprint density at radius 2 is 1.91 bits per heavy atom. The van der Waals surface area contributed by atoms with Crippen molar-refractivity contribution in [1.82, 2.24) is 15.6 Å². The number of nitrogens with zero attached hydrogens (tertiary/aromatic N) is 1. The molecule has 2 aromatic rings. The van der Waals surface area contributed by atoms with Crippen LogP contribution in [0.15, 0.2) is 35.7 Å². The van der Waals surface area contributed by atoms with Gasteiger partial charge in [0.15, 0.2) is 0 Å². The lowest BCUT2D eigenvalue weighted by Gasteiger charge is -2.21. The average molecular weight is 331 g/mol. The molecule has 1 aromatic carbocycles. The molecular weight excluding hydrogens is 310 g/mol. The molecule has 122 valence electrons. The summed E-state index contributed by atoms with van der Waals surface area (Å²) < 4.78 is 0. The summed E-state index contributed by atoms with van der Waals surface area (Å²) >= 11 is 1.51. The Morgan fingerprint density at radius 1 is 1.22 bits per heavy atom. The second-order valence-electron chi connectivity index (χ2n) is 5.66. The minimum absolute atomic E-state index is 0.0132. The molecule has 6 heteroatoms. The maximum Gasteiger partial charge on any atom is 0.251 e. The van der Waals surface area contributed by atoms with Crippen molar-refractivity contribution in [2.45, 2.75) is 33.4 Å². The number of amides is 2. The van der Waals surface area contributed by atoms with Gasteiger partial charge in [0.05, 0.1) is 6.54 Å². The SMILES string of the molecule is Cc1csc(CNC(=O)[C@@H](NC(=O)c2ccccc2)C(C)C)n1. The lowest BCUT2D eigenvalue weighted by atomic mass is 10.0. The second kappa shape index (κ2) is 7.87. The van der Waals surface area contributed by atoms with Crippen molar-refractivity contribution in [2.75, 3.05) is 0 Å². The predicted octanol–water partition coefficient (Wildman–Crippen LogP) is 2.52. The van der Waals surface area contributed by atoms with E-state index in [0.29, 0.717) is 12.1 Å². The zero-order valence-corrected chi connectivity index (χ0v) is 14.3. The van der Waals surface area contributed by atoms with Crippen LogP contribution in [0.3, 0.4) is 0 Å². The Bertz CT molecular complexity index is 667. The van der Waals surface area contributed by atoms with Crippen LogP contribution in [0.5, 0.6) is 0 Å². The monoisotopic (exact) mass is 331 g/mol. The van der Waals surface area contributed by atoms with Gasteiger partial charge in [0.2, 0.25) is 5.91 Å². The lowest BCUT2D eigenvalue weighted by molar-refractivity contribution is -0.124. The Hall–Kier alpha value is -2.21. The molecule has 5 nitrogen and oxygen atoms in total. The molecule has 1 atom stereocenters. The van der Waals surface area contributed by atoms with Crippen molar-refractivity contribution in [3.63, 3.8) is 0 Å². The van der Waals surface area contributed by atoms with Crippen LogP contribution in [0.4, 0.5) is 0 Å². The third-order valence-corrected chi connectivity index (χ3v) is 4.32. The number of aryl methyl sites for hydroxylation is 1. The van der Waals surface area contributed by atoms with Crippen molar-refractivity contribution in [2.24, 2.45) is 5.92 Å². The molecule has 0 spiro atoms. The van der Waals surface area contributed by atoms with Crippen LogP contribution in [-0.4, -0.2) is 22.8 Å². The normalized spacial score (nSPS) is 12.0. The molecular formula is C17H21N3O2S. The number of nitrogens with one attached hydrogen (secondary N) is 2. The highest BCUT2D eigenvalue weighted by Gasteiger charge is 2.24. The zero-order valence-electron chi connectivity index (χ0n) is 13.5. The quantitative estimate of drug-likeness (QED) is 0.854. The van der Waals surface area contributed by atoms with Gasteiger partial charge >= 0.3 is 0 Å². The zero-order chi connectivity index (χ0) is 16.8. The fraction of sp³-hybridized carbons (Fsp3) is 0.353. The van der Waals surface area contributed by atoms with Gasteiger partial charge in [0, 0.05) is 16.6 Å². The molecule has 1 heterocycles. The molecule has 0 bridgehead atoms. The molecule has 0 saturated carbocycles. The highest BCUT2D eigenvalue weighted by Crippen LogP contribution is 2.09. The summed E-state index contributed by atoms with van der Waals surface area (Å²) in [5.41, 5.74) is 1.48. The van der Waals surface area contributed by atoms with E-state index in [9.17, 15) is 9.59 Å². The van der Waals surface area contributed by atoms with Crippen LogP contribution < -0.4 is 10.6 Å². The standard InChI is InChI=1S/C17H21N3O2S/c1-11(2)15(20-16(21)13-7-5-4-6-8-13)17(22)18-9-14-19-12(3)10-23-14/h4-8,10-11,15H,9H2,1-3H3,(H,18,22)(H,20,21)/t15-/m0/s1. The molecule has 2 N–H and O–H groups in total. The van der Waals surface area contributed by atoms with Gasteiger partial charge in [-0.1, -0.05) is 32.0 Å². The largest absolute Gasteiger partial charge is 0.348 e. The van der Waals surface area contributed by atoms with Crippen molar-refractivity contribution in [1.29, 1.82) is 0 Å². The Morgan fingerprint density at radius 3 is 2.48 bits per heavy atom. The van der Waals surface area contributed by atoms with Gasteiger partial charge in [-0.3, -0.25) is 9.59 Å². The second-order valence-corrected chi connectivity index (χ2v) is 6.60. The van der Waals surface area contributed by atoms with Crippen LogP contribution in [0, 0.1) is 12.8 Å². The third-order valence-electron chi connectivity index (χ3n) is 3.35. The minimum Gasteiger partial charge on any atom is -0.348 e. The number of hydrogen-bond donors (Lipinski definition) is 2. The maximum atomic E-state index is 12.4. The first-order chi connectivity index (χ1) is 11.0. The first-order valence-electron chi connectivity index (χ1n) is 7.52. The molecule has 2 rings (SSSR count). The number of thiazole rings is 1. The fourth-order valence-corrected chi connectivity index (χ4v) is 2.82. The average Bonchev–Trinajstić information content (AvgIpc) is 2.96. The Kier molecular flexibility index (Phi) is 5.87. The summed E-state index contributed by atoms with van der Waals surface area (Å²) in [5, 5.41) is 8.45. The van der Waals surface area contributed by atoms with E-state index in [1.165, 1.54) is 11.3 Å². The van der Waals surface area contributed by atoms with Gasteiger partial charge in [-0.15, -0.1) is 11.3 Å². The fourth-order valence-electron chi connectivity index (χ4n) is 2.11. The van der Waals surface area contributed by atoms with E-state index in [4.69, 9.17) is 0 Å². The van der Waals surface area contributed by atoms with Crippen LogP contribution in [0.2, 0.25) is 0 Å². The van der Waals surface area contributed by atoms with E-state index in [-0.39, 0.29) is 17.7 Å². The molecule has 0 fully saturated rings. The van der Waals surface area contributed by atoms with Crippen molar-refractivity contribution < 1.29 is 9.59 Å². The Balaban J connectivity index is 1.97. The summed E-state index contributed by atoms with van der Waals surface area (Å²) in [7, 11) is 0. The molecule has 1 aromatic heterocycles. The van der Waals surface area contributed by atoms with E-state index >= 15 is 0 Å². The van der Waals surface area contributed by atoms with Crippen LogP contribution in [-0.2, 0) is 11.3 Å². The number of benzene rings is 1. The van der Waals surface area contributed by atoms with E-state index < -0.39 is 6.04 Å².